The van der Waals surface area contributed by atoms with Crippen molar-refractivity contribution < 1.29 is 4.74 Å². The first-order chi connectivity index (χ1) is 9.11. The second-order valence-corrected chi connectivity index (χ2v) is 6.40. The molecule has 0 bridgehead atoms. The maximum atomic E-state index is 5.29. The van der Waals surface area contributed by atoms with Gasteiger partial charge in [-0.25, -0.2) is 0 Å². The third-order valence-electron chi connectivity index (χ3n) is 3.29. The van der Waals surface area contributed by atoms with Gasteiger partial charge in [-0.3, -0.25) is 4.90 Å². The van der Waals surface area contributed by atoms with Crippen LogP contribution in [0.1, 0.15) is 23.4 Å². The first-order valence-electron chi connectivity index (χ1n) is 6.18. The molecular formula is C15H18BrNOS. The van der Waals surface area contributed by atoms with Gasteiger partial charge in [-0.2, -0.15) is 0 Å². The number of halogens is 1. The minimum Gasteiger partial charge on any atom is -0.497 e. The van der Waals surface area contributed by atoms with E-state index in [0.29, 0.717) is 6.04 Å². The quantitative estimate of drug-likeness (QED) is 0.781. The van der Waals surface area contributed by atoms with Crippen molar-refractivity contribution in [3.05, 3.63) is 50.6 Å². The molecule has 0 spiro atoms. The monoisotopic (exact) mass is 339 g/mol. The molecule has 1 unspecified atom stereocenters. The van der Waals surface area contributed by atoms with E-state index in [1.165, 1.54) is 10.4 Å². The number of benzene rings is 1. The summed E-state index contributed by atoms with van der Waals surface area (Å²) in [5, 5.41) is 2.13. The fourth-order valence-electron chi connectivity index (χ4n) is 1.95. The molecule has 1 atom stereocenters. The normalized spacial score (nSPS) is 12.7. The lowest BCUT2D eigenvalue weighted by molar-refractivity contribution is 0.255. The summed E-state index contributed by atoms with van der Waals surface area (Å²) in [6.07, 6.45) is 0. The summed E-state index contributed by atoms with van der Waals surface area (Å²) in [5.74, 6) is 0.898. The lowest BCUT2D eigenvalue weighted by Gasteiger charge is -2.24. The van der Waals surface area contributed by atoms with Crippen molar-refractivity contribution in [3.8, 4) is 5.75 Å². The van der Waals surface area contributed by atoms with Crippen molar-refractivity contribution in [2.45, 2.75) is 19.5 Å². The van der Waals surface area contributed by atoms with Gasteiger partial charge in [0.2, 0.25) is 0 Å². The summed E-state index contributed by atoms with van der Waals surface area (Å²) in [5.41, 5.74) is 1.24. The van der Waals surface area contributed by atoms with E-state index in [2.05, 4.69) is 58.4 Å². The lowest BCUT2D eigenvalue weighted by Crippen LogP contribution is -2.21. The molecule has 0 aliphatic rings. The van der Waals surface area contributed by atoms with Crippen molar-refractivity contribution in [2.24, 2.45) is 0 Å². The smallest absolute Gasteiger partial charge is 0.119 e. The van der Waals surface area contributed by atoms with Crippen molar-refractivity contribution >= 4 is 27.3 Å². The summed E-state index contributed by atoms with van der Waals surface area (Å²) in [6.45, 7) is 3.12. The summed E-state index contributed by atoms with van der Waals surface area (Å²) in [4.78, 5) is 3.73. The Labute approximate surface area is 127 Å². The molecule has 4 heteroatoms. The Morgan fingerprint density at radius 1 is 1.37 bits per heavy atom. The van der Waals surface area contributed by atoms with Crippen LogP contribution in [0, 0.1) is 0 Å². The summed E-state index contributed by atoms with van der Waals surface area (Å²) < 4.78 is 6.41. The van der Waals surface area contributed by atoms with Gasteiger partial charge in [0.05, 0.1) is 7.11 Å². The highest BCUT2D eigenvalue weighted by Gasteiger charge is 2.14. The molecule has 0 fully saturated rings. The van der Waals surface area contributed by atoms with Crippen LogP contribution in [0.5, 0.6) is 5.75 Å². The van der Waals surface area contributed by atoms with Gasteiger partial charge in [0.1, 0.15) is 5.75 Å². The fourth-order valence-corrected chi connectivity index (χ4v) is 3.17. The minimum absolute atomic E-state index is 0.415. The van der Waals surface area contributed by atoms with E-state index in [9.17, 15) is 0 Å². The number of methoxy groups -OCH3 is 1. The highest BCUT2D eigenvalue weighted by molar-refractivity contribution is 9.10. The number of rotatable bonds is 5. The van der Waals surface area contributed by atoms with Gasteiger partial charge in [-0.15, -0.1) is 11.3 Å². The number of hydrogen-bond acceptors (Lipinski definition) is 3. The van der Waals surface area contributed by atoms with Gasteiger partial charge in [0.25, 0.3) is 0 Å². The molecule has 0 saturated carbocycles. The molecule has 0 N–H and O–H groups in total. The van der Waals surface area contributed by atoms with Crippen molar-refractivity contribution in [1.82, 2.24) is 4.90 Å². The molecule has 102 valence electrons. The first kappa shape index (κ1) is 14.6. The molecule has 2 aromatic rings. The van der Waals surface area contributed by atoms with Crippen LogP contribution in [0.4, 0.5) is 0 Å². The Kier molecular flexibility index (Phi) is 5.02. The van der Waals surface area contributed by atoms with Gasteiger partial charge < -0.3 is 4.74 Å². The van der Waals surface area contributed by atoms with E-state index in [1.807, 2.05) is 12.1 Å². The minimum atomic E-state index is 0.415. The van der Waals surface area contributed by atoms with Gasteiger partial charge in [0, 0.05) is 21.9 Å². The Morgan fingerprint density at radius 3 is 2.79 bits per heavy atom. The highest BCUT2D eigenvalue weighted by Crippen LogP contribution is 2.28. The van der Waals surface area contributed by atoms with Crippen LogP contribution in [-0.4, -0.2) is 19.1 Å². The molecule has 0 aliphatic heterocycles. The predicted molar refractivity (Wildman–Crippen MR) is 84.9 cm³/mol. The van der Waals surface area contributed by atoms with Crippen LogP contribution >= 0.6 is 27.3 Å². The third-order valence-corrected chi connectivity index (χ3v) is 5.10. The topological polar surface area (TPSA) is 12.5 Å². The molecule has 1 aromatic heterocycles. The molecule has 19 heavy (non-hydrogen) atoms. The van der Waals surface area contributed by atoms with E-state index in [0.717, 1.165) is 16.8 Å². The van der Waals surface area contributed by atoms with E-state index in [4.69, 9.17) is 4.74 Å². The third kappa shape index (κ3) is 3.59. The molecule has 0 amide bonds. The van der Waals surface area contributed by atoms with Crippen LogP contribution in [0.3, 0.4) is 0 Å². The predicted octanol–water partition coefficient (Wildman–Crippen LogP) is 4.71. The standard InChI is InChI=1S/C15H18BrNOS/c1-11(15-5-4-8-19-15)17(2)10-12-9-13(18-3)6-7-14(12)16/h4-9,11H,10H2,1-3H3. The van der Waals surface area contributed by atoms with Crippen LogP contribution < -0.4 is 4.74 Å². The van der Waals surface area contributed by atoms with Crippen LogP contribution in [0.2, 0.25) is 0 Å². The van der Waals surface area contributed by atoms with Crippen LogP contribution in [0.15, 0.2) is 40.2 Å². The molecule has 0 saturated heterocycles. The second-order valence-electron chi connectivity index (χ2n) is 4.56. The van der Waals surface area contributed by atoms with Gasteiger partial charge in [-0.1, -0.05) is 22.0 Å². The largest absolute Gasteiger partial charge is 0.497 e. The average molecular weight is 340 g/mol. The second kappa shape index (κ2) is 6.55. The maximum Gasteiger partial charge on any atom is 0.119 e. The van der Waals surface area contributed by atoms with E-state index < -0.39 is 0 Å². The van der Waals surface area contributed by atoms with Crippen molar-refractivity contribution in [2.75, 3.05) is 14.2 Å². The average Bonchev–Trinajstić information content (AvgIpc) is 2.94. The van der Waals surface area contributed by atoms with Crippen LogP contribution in [-0.2, 0) is 6.54 Å². The Hall–Kier alpha value is -0.840. The van der Waals surface area contributed by atoms with E-state index >= 15 is 0 Å². The van der Waals surface area contributed by atoms with Gasteiger partial charge in [-0.05, 0) is 49.2 Å². The fraction of sp³-hybridized carbons (Fsp3) is 0.333. The van der Waals surface area contributed by atoms with E-state index in [-0.39, 0.29) is 0 Å². The zero-order valence-electron chi connectivity index (χ0n) is 11.4. The number of hydrogen-bond donors (Lipinski definition) is 0. The molecule has 1 heterocycles. The molecule has 2 nitrogen and oxygen atoms in total. The Balaban J connectivity index is 2.12. The Morgan fingerprint density at radius 2 is 2.16 bits per heavy atom. The van der Waals surface area contributed by atoms with Gasteiger partial charge >= 0.3 is 0 Å². The number of nitrogens with zero attached hydrogens (tertiary/aromatic N) is 1. The van der Waals surface area contributed by atoms with Crippen molar-refractivity contribution in [3.63, 3.8) is 0 Å². The zero-order valence-corrected chi connectivity index (χ0v) is 13.8. The van der Waals surface area contributed by atoms with E-state index in [1.54, 1.807) is 18.4 Å². The van der Waals surface area contributed by atoms with Gasteiger partial charge in [0.15, 0.2) is 0 Å². The molecule has 0 radical (unpaired) electrons. The highest BCUT2D eigenvalue weighted by atomic mass is 79.9. The summed E-state index contributed by atoms with van der Waals surface area (Å²) >= 11 is 5.41. The lowest BCUT2D eigenvalue weighted by atomic mass is 10.1. The maximum absolute atomic E-state index is 5.29. The molecular weight excluding hydrogens is 322 g/mol. The Bertz CT molecular complexity index is 527. The first-order valence-corrected chi connectivity index (χ1v) is 7.85. The molecule has 2 rings (SSSR count). The summed E-state index contributed by atoms with van der Waals surface area (Å²) in [7, 11) is 3.85. The van der Waals surface area contributed by atoms with Crippen LogP contribution in [0.25, 0.3) is 0 Å². The van der Waals surface area contributed by atoms with Crippen molar-refractivity contribution in [1.29, 1.82) is 0 Å². The number of thiophene rings is 1. The number of ether oxygens (including phenoxy) is 1. The zero-order chi connectivity index (χ0) is 13.8. The molecule has 0 aliphatic carbocycles. The molecule has 1 aromatic carbocycles. The SMILES string of the molecule is COc1ccc(Br)c(CN(C)C(C)c2cccs2)c1. The summed E-state index contributed by atoms with van der Waals surface area (Å²) in [6, 6.07) is 10.8.